The second-order valence-corrected chi connectivity index (χ2v) is 4.07. The molecule has 2 unspecified atom stereocenters. The van der Waals surface area contributed by atoms with Crippen LogP contribution in [0.3, 0.4) is 0 Å². The highest BCUT2D eigenvalue weighted by Gasteiger charge is 2.49. The van der Waals surface area contributed by atoms with Crippen LogP contribution in [0.4, 0.5) is 13.2 Å². The third-order valence-corrected chi connectivity index (χ3v) is 2.93. The van der Waals surface area contributed by atoms with E-state index in [0.717, 1.165) is 0 Å². The maximum absolute atomic E-state index is 12.2. The van der Waals surface area contributed by atoms with Crippen molar-refractivity contribution in [3.63, 3.8) is 0 Å². The Hall–Kier alpha value is -0.780. The van der Waals surface area contributed by atoms with Gasteiger partial charge in [0.15, 0.2) is 5.78 Å². The van der Waals surface area contributed by atoms with Crippen LogP contribution in [0, 0.1) is 5.92 Å². The van der Waals surface area contributed by atoms with E-state index in [0.29, 0.717) is 11.3 Å². The van der Waals surface area contributed by atoms with Crippen molar-refractivity contribution in [2.75, 3.05) is 12.4 Å². The van der Waals surface area contributed by atoms with Crippen LogP contribution in [-0.4, -0.2) is 41.2 Å². The molecule has 0 spiro atoms. The molecule has 1 amide bonds. The molecule has 0 bridgehead atoms. The first-order valence-corrected chi connectivity index (χ1v) is 5.29. The molecule has 0 N–H and O–H groups in total. The Kier molecular flexibility index (Phi) is 3.83. The number of carbonyl (C=O) groups excluding carboxylic acids is 2. The highest BCUT2D eigenvalue weighted by atomic mass is 35.5. The van der Waals surface area contributed by atoms with Crippen molar-refractivity contribution in [3.8, 4) is 0 Å². The Morgan fingerprint density at radius 3 is 2.44 bits per heavy atom. The van der Waals surface area contributed by atoms with Crippen LogP contribution < -0.4 is 0 Å². The molecule has 2 atom stereocenters. The number of nitrogens with zero attached hydrogens (tertiary/aromatic N) is 1. The fourth-order valence-corrected chi connectivity index (χ4v) is 2.07. The van der Waals surface area contributed by atoms with Gasteiger partial charge < -0.3 is 4.90 Å². The van der Waals surface area contributed by atoms with Crippen molar-refractivity contribution in [1.82, 2.24) is 4.90 Å². The normalized spacial score (nSPS) is 25.9. The second-order valence-electron chi connectivity index (χ2n) is 3.81. The maximum atomic E-state index is 12.2. The minimum atomic E-state index is -4.94. The van der Waals surface area contributed by atoms with Gasteiger partial charge in [0.2, 0.25) is 0 Å². The van der Waals surface area contributed by atoms with Gasteiger partial charge in [0.1, 0.15) is 0 Å². The number of rotatable bonds is 2. The van der Waals surface area contributed by atoms with Gasteiger partial charge in [-0.15, -0.1) is 11.6 Å². The van der Waals surface area contributed by atoms with Crippen LogP contribution in [0.5, 0.6) is 0 Å². The lowest BCUT2D eigenvalue weighted by atomic mass is 10.00. The molecular formula is C9H11ClF3NO2. The fraction of sp³-hybridized carbons (Fsp3) is 0.778. The Morgan fingerprint density at radius 1 is 1.44 bits per heavy atom. The molecular weight excluding hydrogens is 247 g/mol. The van der Waals surface area contributed by atoms with E-state index in [1.807, 2.05) is 0 Å². The summed E-state index contributed by atoms with van der Waals surface area (Å²) in [6.45, 7) is 1.59. The van der Waals surface area contributed by atoms with Crippen LogP contribution in [0.1, 0.15) is 13.3 Å². The van der Waals surface area contributed by atoms with Gasteiger partial charge >= 0.3 is 12.1 Å². The van der Waals surface area contributed by atoms with E-state index in [1.165, 1.54) is 0 Å². The number of hydrogen-bond donors (Lipinski definition) is 0. The topological polar surface area (TPSA) is 37.4 Å². The van der Waals surface area contributed by atoms with E-state index in [-0.39, 0.29) is 18.3 Å². The molecule has 0 saturated carbocycles. The smallest absolute Gasteiger partial charge is 0.325 e. The van der Waals surface area contributed by atoms with Crippen molar-refractivity contribution >= 4 is 23.3 Å². The van der Waals surface area contributed by atoms with Crippen LogP contribution in [0.2, 0.25) is 0 Å². The Morgan fingerprint density at radius 2 is 2.00 bits per heavy atom. The molecule has 1 heterocycles. The molecule has 1 rings (SSSR count). The van der Waals surface area contributed by atoms with Gasteiger partial charge in [0.25, 0.3) is 0 Å². The van der Waals surface area contributed by atoms with E-state index in [9.17, 15) is 22.8 Å². The SMILES string of the molecule is CC1CCN(C(=O)C(F)(F)F)C1C(=O)CCl. The Labute approximate surface area is 95.5 Å². The first-order valence-electron chi connectivity index (χ1n) is 4.75. The summed E-state index contributed by atoms with van der Waals surface area (Å²) in [5, 5.41) is 0. The molecule has 7 heteroatoms. The summed E-state index contributed by atoms with van der Waals surface area (Å²) >= 11 is 5.31. The van der Waals surface area contributed by atoms with Crippen LogP contribution in [-0.2, 0) is 9.59 Å². The molecule has 1 saturated heterocycles. The minimum absolute atomic E-state index is 0.0488. The Bertz CT molecular complexity index is 306. The van der Waals surface area contributed by atoms with Crippen molar-refractivity contribution in [2.24, 2.45) is 5.92 Å². The number of hydrogen-bond acceptors (Lipinski definition) is 2. The molecule has 0 aromatic heterocycles. The van der Waals surface area contributed by atoms with Gasteiger partial charge in [-0.3, -0.25) is 9.59 Å². The molecule has 0 aliphatic carbocycles. The third-order valence-electron chi connectivity index (χ3n) is 2.67. The summed E-state index contributed by atoms with van der Waals surface area (Å²) < 4.78 is 36.7. The van der Waals surface area contributed by atoms with Gasteiger partial charge in [0.05, 0.1) is 11.9 Å². The van der Waals surface area contributed by atoms with Crippen molar-refractivity contribution in [3.05, 3.63) is 0 Å². The molecule has 1 fully saturated rings. The number of halogens is 4. The summed E-state index contributed by atoms with van der Waals surface area (Å²) in [4.78, 5) is 23.0. The second kappa shape index (κ2) is 4.61. The van der Waals surface area contributed by atoms with Gasteiger partial charge in [-0.2, -0.15) is 13.2 Å². The number of alkyl halides is 4. The lowest BCUT2D eigenvalue weighted by Crippen LogP contribution is -2.48. The standard InChI is InChI=1S/C9H11ClF3NO2/c1-5-2-3-14(7(5)6(15)4-10)8(16)9(11,12)13/h5,7H,2-4H2,1H3. The predicted octanol–water partition coefficient (Wildman–Crippen LogP) is 1.59. The average Bonchev–Trinajstić information content (AvgIpc) is 2.56. The van der Waals surface area contributed by atoms with E-state index in [4.69, 9.17) is 11.6 Å². The molecule has 0 aromatic carbocycles. The summed E-state index contributed by atoms with van der Waals surface area (Å²) in [6.07, 6.45) is -4.55. The van der Waals surface area contributed by atoms with E-state index >= 15 is 0 Å². The van der Waals surface area contributed by atoms with Gasteiger partial charge in [-0.25, -0.2) is 0 Å². The first kappa shape index (κ1) is 13.3. The molecule has 1 aliphatic heterocycles. The average molecular weight is 258 g/mol. The van der Waals surface area contributed by atoms with E-state index < -0.39 is 23.9 Å². The van der Waals surface area contributed by atoms with Crippen LogP contribution in [0.15, 0.2) is 0 Å². The number of Topliss-reactive ketones (excluding diaryl/α,β-unsaturated/α-hetero) is 1. The maximum Gasteiger partial charge on any atom is 0.471 e. The molecule has 0 aromatic rings. The first-order chi connectivity index (χ1) is 7.29. The summed E-state index contributed by atoms with van der Waals surface area (Å²) in [7, 11) is 0. The van der Waals surface area contributed by atoms with E-state index in [2.05, 4.69) is 0 Å². The number of ketones is 1. The summed E-state index contributed by atoms with van der Waals surface area (Å²) in [5.74, 6) is -3.15. The lowest BCUT2D eigenvalue weighted by molar-refractivity contribution is -0.186. The van der Waals surface area contributed by atoms with Gasteiger partial charge in [0, 0.05) is 6.54 Å². The zero-order valence-electron chi connectivity index (χ0n) is 8.55. The number of amides is 1. The predicted molar refractivity (Wildman–Crippen MR) is 51.1 cm³/mol. The minimum Gasteiger partial charge on any atom is -0.325 e. The van der Waals surface area contributed by atoms with Crippen LogP contribution in [0.25, 0.3) is 0 Å². The zero-order chi connectivity index (χ0) is 12.5. The highest BCUT2D eigenvalue weighted by Crippen LogP contribution is 2.29. The van der Waals surface area contributed by atoms with Crippen molar-refractivity contribution in [2.45, 2.75) is 25.6 Å². The lowest BCUT2D eigenvalue weighted by Gasteiger charge is -2.25. The molecule has 0 radical (unpaired) electrons. The Balaban J connectivity index is 2.88. The molecule has 16 heavy (non-hydrogen) atoms. The van der Waals surface area contributed by atoms with Gasteiger partial charge in [-0.05, 0) is 12.3 Å². The van der Waals surface area contributed by atoms with Gasteiger partial charge in [-0.1, -0.05) is 6.92 Å². The highest BCUT2D eigenvalue weighted by molar-refractivity contribution is 6.28. The number of likely N-dealkylation sites (tertiary alicyclic amines) is 1. The van der Waals surface area contributed by atoms with Crippen molar-refractivity contribution < 1.29 is 22.8 Å². The number of carbonyl (C=O) groups is 2. The summed E-state index contributed by atoms with van der Waals surface area (Å²) in [6, 6.07) is -1.04. The fourth-order valence-electron chi connectivity index (χ4n) is 1.91. The quantitative estimate of drug-likeness (QED) is 0.705. The third kappa shape index (κ3) is 2.48. The van der Waals surface area contributed by atoms with Crippen molar-refractivity contribution in [1.29, 1.82) is 0 Å². The van der Waals surface area contributed by atoms with E-state index in [1.54, 1.807) is 6.92 Å². The molecule has 92 valence electrons. The zero-order valence-corrected chi connectivity index (χ0v) is 9.31. The monoisotopic (exact) mass is 257 g/mol. The molecule has 1 aliphatic rings. The molecule has 3 nitrogen and oxygen atoms in total. The van der Waals surface area contributed by atoms with Crippen LogP contribution >= 0.6 is 11.6 Å². The summed E-state index contributed by atoms with van der Waals surface area (Å²) in [5.41, 5.74) is 0. The largest absolute Gasteiger partial charge is 0.471 e.